The van der Waals surface area contributed by atoms with Crippen molar-refractivity contribution in [1.29, 1.82) is 0 Å². The lowest BCUT2D eigenvalue weighted by atomic mass is 9.96. The molecule has 7 heteroatoms. The van der Waals surface area contributed by atoms with E-state index in [0.717, 1.165) is 16.7 Å². The van der Waals surface area contributed by atoms with E-state index in [9.17, 15) is 9.59 Å². The minimum absolute atomic E-state index is 0.0339. The van der Waals surface area contributed by atoms with Crippen molar-refractivity contribution in [3.63, 3.8) is 0 Å². The van der Waals surface area contributed by atoms with Gasteiger partial charge in [0.1, 0.15) is 0 Å². The van der Waals surface area contributed by atoms with Gasteiger partial charge in [0.05, 0.1) is 0 Å². The number of aromatic nitrogens is 3. The maximum absolute atomic E-state index is 11.3. The van der Waals surface area contributed by atoms with Crippen LogP contribution in [-0.4, -0.2) is 37.9 Å². The molecule has 3 aromatic rings. The van der Waals surface area contributed by atoms with Crippen molar-refractivity contribution < 1.29 is 14.7 Å². The number of carbonyl (C=O) groups is 2. The first-order valence-corrected chi connectivity index (χ1v) is 7.55. The second kappa shape index (κ2) is 5.45. The summed E-state index contributed by atoms with van der Waals surface area (Å²) in [5.74, 6) is -0.415. The maximum atomic E-state index is 11.3. The smallest absolute Gasteiger partial charge is 0.356 e. The third-order valence-corrected chi connectivity index (χ3v) is 4.22. The Morgan fingerprint density at radius 1 is 1.21 bits per heavy atom. The molecule has 120 valence electrons. The zero-order chi connectivity index (χ0) is 16.7. The molecule has 2 N–H and O–H groups in total. The summed E-state index contributed by atoms with van der Waals surface area (Å²) in [6, 6.07) is 7.99. The molecule has 0 aliphatic carbocycles. The molecule has 1 fully saturated rings. The summed E-state index contributed by atoms with van der Waals surface area (Å²) in [4.78, 5) is 30.4. The summed E-state index contributed by atoms with van der Waals surface area (Å²) in [5, 5.41) is 11.8. The number of imidazole rings is 1. The predicted octanol–water partition coefficient (Wildman–Crippen LogP) is 1.70. The highest BCUT2D eigenvalue weighted by molar-refractivity contribution is 5.86. The Morgan fingerprint density at radius 3 is 2.67 bits per heavy atom. The van der Waals surface area contributed by atoms with E-state index in [1.807, 2.05) is 24.3 Å². The van der Waals surface area contributed by atoms with Gasteiger partial charge in [0.15, 0.2) is 5.69 Å². The number of carboxylic acids is 1. The Morgan fingerprint density at radius 2 is 2.00 bits per heavy atom. The number of aromatic carboxylic acids is 1. The fourth-order valence-corrected chi connectivity index (χ4v) is 2.93. The molecule has 2 aromatic heterocycles. The highest BCUT2D eigenvalue weighted by atomic mass is 16.4. The molecular weight excluding hydrogens is 308 g/mol. The largest absolute Gasteiger partial charge is 0.476 e. The SMILES string of the molecule is O=C1CC(c2ccc(-c3cnc4nc(C(=O)O)cn4c3)cc2)CN1. The minimum atomic E-state index is -1.08. The average molecular weight is 322 g/mol. The monoisotopic (exact) mass is 322 g/mol. The lowest BCUT2D eigenvalue weighted by Crippen LogP contribution is -2.13. The highest BCUT2D eigenvalue weighted by Crippen LogP contribution is 2.26. The molecule has 0 saturated carbocycles. The Kier molecular flexibility index (Phi) is 3.26. The number of hydrogen-bond donors (Lipinski definition) is 2. The van der Waals surface area contributed by atoms with Gasteiger partial charge in [-0.2, -0.15) is 0 Å². The molecular formula is C17H14N4O3. The molecule has 0 spiro atoms. The molecule has 7 nitrogen and oxygen atoms in total. The summed E-state index contributed by atoms with van der Waals surface area (Å²) in [6.07, 6.45) is 5.44. The highest BCUT2D eigenvalue weighted by Gasteiger charge is 2.22. The lowest BCUT2D eigenvalue weighted by Gasteiger charge is -2.09. The van der Waals surface area contributed by atoms with E-state index >= 15 is 0 Å². The van der Waals surface area contributed by atoms with Crippen LogP contribution < -0.4 is 5.32 Å². The summed E-state index contributed by atoms with van der Waals surface area (Å²) >= 11 is 0. The third-order valence-electron chi connectivity index (χ3n) is 4.22. The second-order valence-corrected chi connectivity index (χ2v) is 5.81. The lowest BCUT2D eigenvalue weighted by molar-refractivity contribution is -0.119. The van der Waals surface area contributed by atoms with E-state index < -0.39 is 5.97 Å². The van der Waals surface area contributed by atoms with Crippen LogP contribution in [0.25, 0.3) is 16.9 Å². The normalized spacial score (nSPS) is 17.2. The van der Waals surface area contributed by atoms with Gasteiger partial charge >= 0.3 is 5.97 Å². The number of carboxylic acid groups (broad SMARTS) is 1. The van der Waals surface area contributed by atoms with Gasteiger partial charge < -0.3 is 10.4 Å². The predicted molar refractivity (Wildman–Crippen MR) is 85.8 cm³/mol. The summed E-state index contributed by atoms with van der Waals surface area (Å²) < 4.78 is 1.60. The van der Waals surface area contributed by atoms with E-state index in [1.54, 1.807) is 16.8 Å². The number of fused-ring (bicyclic) bond motifs is 1. The van der Waals surface area contributed by atoms with Crippen molar-refractivity contribution in [2.75, 3.05) is 6.54 Å². The van der Waals surface area contributed by atoms with Crippen LogP contribution in [0, 0.1) is 0 Å². The minimum Gasteiger partial charge on any atom is -0.476 e. The molecule has 1 aliphatic heterocycles. The molecule has 1 saturated heterocycles. The summed E-state index contributed by atoms with van der Waals surface area (Å²) in [7, 11) is 0. The van der Waals surface area contributed by atoms with E-state index in [2.05, 4.69) is 15.3 Å². The second-order valence-electron chi connectivity index (χ2n) is 5.81. The summed E-state index contributed by atoms with van der Waals surface area (Å²) in [5.41, 5.74) is 2.93. The molecule has 4 rings (SSSR count). The van der Waals surface area contributed by atoms with Gasteiger partial charge in [0.25, 0.3) is 0 Å². The standard InChI is InChI=1S/C17H14N4O3/c22-15-5-12(6-18-15)10-1-3-11(4-2-10)13-7-19-17-20-14(16(23)24)9-21(17)8-13/h1-4,7-9,12H,5-6H2,(H,18,22)(H,23,24). The van der Waals surface area contributed by atoms with Crippen LogP contribution >= 0.6 is 0 Å². The van der Waals surface area contributed by atoms with Gasteiger partial charge in [-0.1, -0.05) is 24.3 Å². The molecule has 0 radical (unpaired) electrons. The van der Waals surface area contributed by atoms with Crippen molar-refractivity contribution in [1.82, 2.24) is 19.7 Å². The van der Waals surface area contributed by atoms with Gasteiger partial charge in [-0.15, -0.1) is 0 Å². The first-order valence-electron chi connectivity index (χ1n) is 7.55. The Labute approximate surface area is 137 Å². The van der Waals surface area contributed by atoms with Crippen LogP contribution in [0.15, 0.2) is 42.9 Å². The molecule has 1 atom stereocenters. The molecule has 3 heterocycles. The van der Waals surface area contributed by atoms with E-state index in [4.69, 9.17) is 5.11 Å². The van der Waals surface area contributed by atoms with Crippen LogP contribution in [0.5, 0.6) is 0 Å². The average Bonchev–Trinajstić information content (AvgIpc) is 3.20. The van der Waals surface area contributed by atoms with Gasteiger partial charge in [0, 0.05) is 43.0 Å². The van der Waals surface area contributed by atoms with Crippen molar-refractivity contribution in [3.05, 3.63) is 54.1 Å². The van der Waals surface area contributed by atoms with Crippen LogP contribution in [0.3, 0.4) is 0 Å². The Bertz CT molecular complexity index is 946. The zero-order valence-electron chi connectivity index (χ0n) is 12.6. The molecule has 1 aromatic carbocycles. The van der Waals surface area contributed by atoms with Crippen LogP contribution in [0.1, 0.15) is 28.4 Å². The number of hydrogen-bond acceptors (Lipinski definition) is 4. The first kappa shape index (κ1) is 14.4. The fourth-order valence-electron chi connectivity index (χ4n) is 2.93. The fraction of sp³-hybridized carbons (Fsp3) is 0.176. The molecule has 1 unspecified atom stereocenters. The third kappa shape index (κ3) is 2.50. The van der Waals surface area contributed by atoms with Crippen molar-refractivity contribution in [2.24, 2.45) is 0 Å². The number of nitrogens with zero attached hydrogens (tertiary/aromatic N) is 3. The number of benzene rings is 1. The molecule has 1 aliphatic rings. The van der Waals surface area contributed by atoms with Crippen LogP contribution in [-0.2, 0) is 4.79 Å². The van der Waals surface area contributed by atoms with Crippen molar-refractivity contribution >= 4 is 17.7 Å². The van der Waals surface area contributed by atoms with E-state index in [1.165, 1.54) is 6.20 Å². The number of carbonyl (C=O) groups excluding carboxylic acids is 1. The van der Waals surface area contributed by atoms with Gasteiger partial charge in [-0.05, 0) is 11.1 Å². The van der Waals surface area contributed by atoms with Crippen LogP contribution in [0.2, 0.25) is 0 Å². The Balaban J connectivity index is 1.64. The molecule has 1 amide bonds. The van der Waals surface area contributed by atoms with Gasteiger partial charge in [0.2, 0.25) is 11.7 Å². The van der Waals surface area contributed by atoms with E-state index in [0.29, 0.717) is 18.7 Å². The Hall–Kier alpha value is -3.22. The number of rotatable bonds is 3. The molecule has 24 heavy (non-hydrogen) atoms. The number of nitrogens with one attached hydrogen (secondary N) is 1. The van der Waals surface area contributed by atoms with Gasteiger partial charge in [-0.3, -0.25) is 9.20 Å². The summed E-state index contributed by atoms with van der Waals surface area (Å²) in [6.45, 7) is 0.679. The van der Waals surface area contributed by atoms with Crippen LogP contribution in [0.4, 0.5) is 0 Å². The molecule has 0 bridgehead atoms. The first-order chi connectivity index (χ1) is 11.6. The zero-order valence-corrected chi connectivity index (χ0v) is 12.6. The topological polar surface area (TPSA) is 96.6 Å². The van der Waals surface area contributed by atoms with Crippen molar-refractivity contribution in [2.45, 2.75) is 12.3 Å². The maximum Gasteiger partial charge on any atom is 0.356 e. The number of amides is 1. The quantitative estimate of drug-likeness (QED) is 0.765. The van der Waals surface area contributed by atoms with E-state index in [-0.39, 0.29) is 17.5 Å². The van der Waals surface area contributed by atoms with Crippen molar-refractivity contribution in [3.8, 4) is 11.1 Å². The van der Waals surface area contributed by atoms with Gasteiger partial charge in [-0.25, -0.2) is 14.8 Å².